The first kappa shape index (κ1) is 16.8. The standard InChI is InChI=1S/C13H15ClF3NO2/c1-7(2)12(8(3)14)9-4-5-11(18(19)20)10(6-9)13(15,16)17/h4-8,12H,1-3H3. The van der Waals surface area contributed by atoms with Gasteiger partial charge in [0.25, 0.3) is 5.69 Å². The first-order chi connectivity index (χ1) is 9.05. The lowest BCUT2D eigenvalue weighted by Crippen LogP contribution is -2.17. The molecule has 3 nitrogen and oxygen atoms in total. The summed E-state index contributed by atoms with van der Waals surface area (Å²) in [5.74, 6) is -0.288. The van der Waals surface area contributed by atoms with Gasteiger partial charge in [-0.25, -0.2) is 0 Å². The SMILES string of the molecule is CC(C)C(c1ccc([N+](=O)[O-])c(C(F)(F)F)c1)C(C)Cl. The van der Waals surface area contributed by atoms with Crippen LogP contribution in [-0.4, -0.2) is 10.3 Å². The highest BCUT2D eigenvalue weighted by Crippen LogP contribution is 2.40. The van der Waals surface area contributed by atoms with Gasteiger partial charge in [0.1, 0.15) is 5.56 Å². The van der Waals surface area contributed by atoms with Crippen LogP contribution >= 0.6 is 11.6 Å². The Bertz CT molecular complexity index is 493. The molecule has 0 aliphatic rings. The van der Waals surface area contributed by atoms with Crippen LogP contribution in [0, 0.1) is 16.0 Å². The Kier molecular flexibility index (Phi) is 5.02. The summed E-state index contributed by atoms with van der Waals surface area (Å²) < 4.78 is 38.8. The molecule has 0 N–H and O–H groups in total. The van der Waals surface area contributed by atoms with Crippen molar-refractivity contribution >= 4 is 17.3 Å². The van der Waals surface area contributed by atoms with Crippen LogP contribution in [0.1, 0.15) is 37.8 Å². The number of nitrogens with zero attached hydrogens (tertiary/aromatic N) is 1. The summed E-state index contributed by atoms with van der Waals surface area (Å²) in [5, 5.41) is 10.3. The zero-order valence-electron chi connectivity index (χ0n) is 11.2. The molecule has 1 rings (SSSR count). The lowest BCUT2D eigenvalue weighted by molar-refractivity contribution is -0.388. The summed E-state index contributed by atoms with van der Waals surface area (Å²) in [6.07, 6.45) is -4.77. The molecule has 20 heavy (non-hydrogen) atoms. The lowest BCUT2D eigenvalue weighted by Gasteiger charge is -2.24. The van der Waals surface area contributed by atoms with E-state index in [2.05, 4.69) is 0 Å². The van der Waals surface area contributed by atoms with Crippen molar-refractivity contribution < 1.29 is 18.1 Å². The fourth-order valence-electron chi connectivity index (χ4n) is 2.33. The molecule has 2 atom stereocenters. The zero-order chi connectivity index (χ0) is 15.7. The van der Waals surface area contributed by atoms with Crippen molar-refractivity contribution in [2.75, 3.05) is 0 Å². The molecule has 0 fully saturated rings. The van der Waals surface area contributed by atoms with Crippen LogP contribution in [-0.2, 0) is 6.18 Å². The van der Waals surface area contributed by atoms with E-state index in [1.165, 1.54) is 6.07 Å². The summed E-state index contributed by atoms with van der Waals surface area (Å²) in [7, 11) is 0. The highest BCUT2D eigenvalue weighted by Gasteiger charge is 2.39. The van der Waals surface area contributed by atoms with Gasteiger partial charge in [-0.1, -0.05) is 19.9 Å². The van der Waals surface area contributed by atoms with E-state index in [9.17, 15) is 23.3 Å². The number of halogens is 4. The Hall–Kier alpha value is -1.30. The van der Waals surface area contributed by atoms with Crippen LogP contribution in [0.4, 0.5) is 18.9 Å². The van der Waals surface area contributed by atoms with E-state index in [1.807, 2.05) is 13.8 Å². The van der Waals surface area contributed by atoms with Crippen LogP contribution in [0.2, 0.25) is 0 Å². The highest BCUT2D eigenvalue weighted by molar-refractivity contribution is 6.20. The first-order valence-electron chi connectivity index (χ1n) is 6.05. The third-order valence-electron chi connectivity index (χ3n) is 3.12. The van der Waals surface area contributed by atoms with Gasteiger partial charge in [0, 0.05) is 17.4 Å². The molecule has 0 radical (unpaired) electrons. The fraction of sp³-hybridized carbons (Fsp3) is 0.538. The number of rotatable bonds is 4. The molecule has 0 aliphatic heterocycles. The van der Waals surface area contributed by atoms with Crippen LogP contribution in [0.5, 0.6) is 0 Å². The van der Waals surface area contributed by atoms with Gasteiger partial charge in [0.2, 0.25) is 0 Å². The van der Waals surface area contributed by atoms with Gasteiger partial charge in [-0.2, -0.15) is 13.2 Å². The molecule has 0 spiro atoms. The van der Waals surface area contributed by atoms with Crippen molar-refractivity contribution in [2.24, 2.45) is 5.92 Å². The van der Waals surface area contributed by atoms with E-state index in [4.69, 9.17) is 11.6 Å². The largest absolute Gasteiger partial charge is 0.423 e. The van der Waals surface area contributed by atoms with Gasteiger partial charge in [-0.3, -0.25) is 10.1 Å². The minimum Gasteiger partial charge on any atom is -0.258 e. The van der Waals surface area contributed by atoms with Crippen molar-refractivity contribution in [3.05, 3.63) is 39.4 Å². The Morgan fingerprint density at radius 1 is 1.25 bits per heavy atom. The van der Waals surface area contributed by atoms with E-state index in [0.717, 1.165) is 12.1 Å². The van der Waals surface area contributed by atoms with Gasteiger partial charge in [-0.05, 0) is 24.5 Å². The average Bonchev–Trinajstić information content (AvgIpc) is 2.26. The van der Waals surface area contributed by atoms with Crippen molar-refractivity contribution in [2.45, 2.75) is 38.2 Å². The van der Waals surface area contributed by atoms with Gasteiger partial charge in [0.15, 0.2) is 0 Å². The second-order valence-electron chi connectivity index (χ2n) is 4.98. The molecule has 0 saturated heterocycles. The molecule has 0 amide bonds. The van der Waals surface area contributed by atoms with E-state index in [0.29, 0.717) is 5.56 Å². The summed E-state index contributed by atoms with van der Waals surface area (Å²) in [5.41, 5.74) is -1.81. The molecular formula is C13H15ClF3NO2. The molecule has 112 valence electrons. The van der Waals surface area contributed by atoms with Gasteiger partial charge >= 0.3 is 6.18 Å². The molecule has 0 aliphatic carbocycles. The second-order valence-corrected chi connectivity index (χ2v) is 5.67. The monoisotopic (exact) mass is 309 g/mol. The van der Waals surface area contributed by atoms with Crippen molar-refractivity contribution in [3.63, 3.8) is 0 Å². The number of nitro benzene ring substituents is 1. The van der Waals surface area contributed by atoms with Crippen LogP contribution in [0.3, 0.4) is 0 Å². The summed E-state index contributed by atoms with van der Waals surface area (Å²) in [6, 6.07) is 3.07. The minimum atomic E-state index is -4.77. The highest BCUT2D eigenvalue weighted by atomic mass is 35.5. The smallest absolute Gasteiger partial charge is 0.258 e. The lowest BCUT2D eigenvalue weighted by atomic mass is 9.85. The summed E-state index contributed by atoms with van der Waals surface area (Å²) in [6.45, 7) is 5.39. The predicted molar refractivity (Wildman–Crippen MR) is 71.0 cm³/mol. The van der Waals surface area contributed by atoms with Gasteiger partial charge in [-0.15, -0.1) is 11.6 Å². The molecule has 1 aromatic rings. The maximum absolute atomic E-state index is 12.9. The molecule has 0 bridgehead atoms. The van der Waals surface area contributed by atoms with Gasteiger partial charge in [0.05, 0.1) is 4.92 Å². The normalized spacial score (nSPS) is 15.2. The molecule has 0 aromatic heterocycles. The molecule has 1 aromatic carbocycles. The molecular weight excluding hydrogens is 295 g/mol. The van der Waals surface area contributed by atoms with Crippen LogP contribution in [0.15, 0.2) is 18.2 Å². The number of nitro groups is 1. The van der Waals surface area contributed by atoms with Crippen LogP contribution in [0.25, 0.3) is 0 Å². The van der Waals surface area contributed by atoms with E-state index in [-0.39, 0.29) is 17.2 Å². The molecule has 0 saturated carbocycles. The summed E-state index contributed by atoms with van der Waals surface area (Å²) >= 11 is 6.03. The third kappa shape index (κ3) is 3.62. The maximum atomic E-state index is 12.9. The number of hydrogen-bond acceptors (Lipinski definition) is 2. The third-order valence-corrected chi connectivity index (χ3v) is 3.39. The topological polar surface area (TPSA) is 43.1 Å². The molecule has 7 heteroatoms. The Labute approximate surface area is 119 Å². The second kappa shape index (κ2) is 5.99. The van der Waals surface area contributed by atoms with Gasteiger partial charge < -0.3 is 0 Å². The Balaban J connectivity index is 3.43. The van der Waals surface area contributed by atoms with E-state index in [1.54, 1.807) is 6.92 Å². The van der Waals surface area contributed by atoms with Crippen molar-refractivity contribution in [1.29, 1.82) is 0 Å². The minimum absolute atomic E-state index is 0.0186. The molecule has 2 unspecified atom stereocenters. The number of benzene rings is 1. The predicted octanol–water partition coefficient (Wildman–Crippen LogP) is 4.98. The Morgan fingerprint density at radius 2 is 1.80 bits per heavy atom. The fourth-order valence-corrected chi connectivity index (χ4v) is 2.76. The zero-order valence-corrected chi connectivity index (χ0v) is 12.0. The Morgan fingerprint density at radius 3 is 2.15 bits per heavy atom. The molecule has 0 heterocycles. The van der Waals surface area contributed by atoms with Crippen LogP contribution < -0.4 is 0 Å². The van der Waals surface area contributed by atoms with E-state index >= 15 is 0 Å². The summed E-state index contributed by atoms with van der Waals surface area (Å²) in [4.78, 5) is 9.67. The maximum Gasteiger partial charge on any atom is 0.423 e. The average molecular weight is 310 g/mol. The number of alkyl halides is 4. The first-order valence-corrected chi connectivity index (χ1v) is 6.49. The van der Waals surface area contributed by atoms with E-state index < -0.39 is 22.4 Å². The van der Waals surface area contributed by atoms with Crippen molar-refractivity contribution in [1.82, 2.24) is 0 Å². The quantitative estimate of drug-likeness (QED) is 0.447. The number of hydrogen-bond donors (Lipinski definition) is 0. The van der Waals surface area contributed by atoms with Crippen molar-refractivity contribution in [3.8, 4) is 0 Å².